The molecule has 0 aliphatic carbocycles. The first-order valence-electron chi connectivity index (χ1n) is 11.2. The van der Waals surface area contributed by atoms with Crippen LogP contribution in [0.25, 0.3) is 0 Å². The van der Waals surface area contributed by atoms with Gasteiger partial charge < -0.3 is 20.7 Å². The molecule has 1 aromatic carbocycles. The van der Waals surface area contributed by atoms with Crippen LogP contribution in [0, 0.1) is 5.92 Å². The minimum atomic E-state index is 0.672. The van der Waals surface area contributed by atoms with Crippen LogP contribution in [0.5, 0.6) is 0 Å². The van der Waals surface area contributed by atoms with E-state index in [1.807, 2.05) is 0 Å². The topological polar surface area (TPSA) is 79.5 Å². The summed E-state index contributed by atoms with van der Waals surface area (Å²) >= 11 is 0. The molecule has 2 aromatic rings. The first kappa shape index (κ1) is 20.9. The van der Waals surface area contributed by atoms with Crippen molar-refractivity contribution >= 4 is 17.3 Å². The molecule has 0 saturated carbocycles. The normalized spacial score (nSPS) is 18.5. The maximum atomic E-state index is 6.44. The molecule has 7 nitrogen and oxygen atoms in total. The molecule has 0 spiro atoms. The highest BCUT2D eigenvalue weighted by Gasteiger charge is 2.23. The Kier molecular flexibility index (Phi) is 7.37. The molecule has 7 heteroatoms. The summed E-state index contributed by atoms with van der Waals surface area (Å²) in [4.78, 5) is 13.6. The average Bonchev–Trinajstić information content (AvgIpc) is 2.80. The maximum absolute atomic E-state index is 6.44. The summed E-state index contributed by atoms with van der Waals surface area (Å²) in [6, 6.07) is 10.8. The van der Waals surface area contributed by atoms with Gasteiger partial charge in [-0.2, -0.15) is 0 Å². The molecule has 2 saturated heterocycles. The molecule has 2 fully saturated rings. The van der Waals surface area contributed by atoms with Crippen LogP contribution in [-0.4, -0.2) is 67.4 Å². The zero-order valence-electron chi connectivity index (χ0n) is 17.8. The molecule has 0 bridgehead atoms. The Hall–Kier alpha value is -2.38. The van der Waals surface area contributed by atoms with Crippen molar-refractivity contribution in [2.24, 2.45) is 5.92 Å². The highest BCUT2D eigenvalue weighted by atomic mass is 16.5. The van der Waals surface area contributed by atoms with Gasteiger partial charge in [-0.05, 0) is 43.7 Å². The molecule has 4 rings (SSSR count). The van der Waals surface area contributed by atoms with Crippen molar-refractivity contribution < 1.29 is 4.74 Å². The second kappa shape index (κ2) is 10.6. The van der Waals surface area contributed by atoms with E-state index in [2.05, 4.69) is 55.4 Å². The lowest BCUT2D eigenvalue weighted by atomic mass is 9.90. The van der Waals surface area contributed by atoms with Gasteiger partial charge in [-0.1, -0.05) is 30.3 Å². The number of piperidine rings is 1. The second-order valence-electron chi connectivity index (χ2n) is 8.31. The standard InChI is InChI=1S/C23H34N6O/c24-21-22(25-9-4-10-28-13-15-30-16-14-28)26-18-27-23(21)29-11-7-20(8-12-29)17-19-5-2-1-3-6-19/h1-3,5-6,18,20H,4,7-17,24H2,(H,25,26,27). The van der Waals surface area contributed by atoms with Crippen LogP contribution in [0.1, 0.15) is 24.8 Å². The fourth-order valence-corrected chi connectivity index (χ4v) is 4.41. The van der Waals surface area contributed by atoms with Crippen molar-refractivity contribution in [1.82, 2.24) is 14.9 Å². The summed E-state index contributed by atoms with van der Waals surface area (Å²) in [5, 5.41) is 3.41. The first-order chi connectivity index (χ1) is 14.8. The minimum absolute atomic E-state index is 0.672. The molecule has 30 heavy (non-hydrogen) atoms. The Morgan fingerprint density at radius 3 is 2.57 bits per heavy atom. The fraction of sp³-hybridized carbons (Fsp3) is 0.565. The van der Waals surface area contributed by atoms with Gasteiger partial charge in [0.15, 0.2) is 11.6 Å². The lowest BCUT2D eigenvalue weighted by molar-refractivity contribution is 0.0378. The number of nitrogens with one attached hydrogen (secondary N) is 1. The molecule has 0 amide bonds. The van der Waals surface area contributed by atoms with E-state index in [4.69, 9.17) is 10.5 Å². The second-order valence-corrected chi connectivity index (χ2v) is 8.31. The maximum Gasteiger partial charge on any atom is 0.157 e. The molecule has 2 aliphatic rings. The molecule has 1 aromatic heterocycles. The van der Waals surface area contributed by atoms with Crippen LogP contribution in [0.3, 0.4) is 0 Å². The third-order valence-electron chi connectivity index (χ3n) is 6.19. The van der Waals surface area contributed by atoms with Gasteiger partial charge in [0.1, 0.15) is 12.0 Å². The van der Waals surface area contributed by atoms with Gasteiger partial charge in [0.2, 0.25) is 0 Å². The van der Waals surface area contributed by atoms with Crippen LogP contribution < -0.4 is 16.0 Å². The summed E-state index contributed by atoms with van der Waals surface area (Å²) in [5.74, 6) is 2.36. The molecule has 0 atom stereocenters. The largest absolute Gasteiger partial charge is 0.393 e. The average molecular weight is 411 g/mol. The monoisotopic (exact) mass is 410 g/mol. The summed E-state index contributed by atoms with van der Waals surface area (Å²) in [6.45, 7) is 7.67. The van der Waals surface area contributed by atoms with Crippen LogP contribution >= 0.6 is 0 Å². The number of anilines is 3. The summed E-state index contributed by atoms with van der Waals surface area (Å²) in [5.41, 5.74) is 8.54. The van der Waals surface area contributed by atoms with E-state index >= 15 is 0 Å². The van der Waals surface area contributed by atoms with E-state index in [0.717, 1.165) is 82.9 Å². The molecule has 3 heterocycles. The van der Waals surface area contributed by atoms with Gasteiger partial charge in [0.05, 0.1) is 13.2 Å². The number of nitrogens with two attached hydrogens (primary N) is 1. The summed E-state index contributed by atoms with van der Waals surface area (Å²) in [6.07, 6.45) is 6.18. The Morgan fingerprint density at radius 2 is 1.80 bits per heavy atom. The first-order valence-corrected chi connectivity index (χ1v) is 11.2. The van der Waals surface area contributed by atoms with Gasteiger partial charge in [-0.15, -0.1) is 0 Å². The smallest absolute Gasteiger partial charge is 0.157 e. The van der Waals surface area contributed by atoms with Gasteiger partial charge in [-0.3, -0.25) is 4.90 Å². The quantitative estimate of drug-likeness (QED) is 0.648. The van der Waals surface area contributed by atoms with Crippen LogP contribution in [0.2, 0.25) is 0 Å². The van der Waals surface area contributed by atoms with Crippen LogP contribution in [-0.2, 0) is 11.2 Å². The van der Waals surface area contributed by atoms with Gasteiger partial charge in [0.25, 0.3) is 0 Å². The molecule has 0 radical (unpaired) electrons. The number of aromatic nitrogens is 2. The zero-order valence-corrected chi connectivity index (χ0v) is 17.8. The third-order valence-corrected chi connectivity index (χ3v) is 6.19. The van der Waals surface area contributed by atoms with Gasteiger partial charge in [0, 0.05) is 32.7 Å². The minimum Gasteiger partial charge on any atom is -0.393 e. The van der Waals surface area contributed by atoms with Crippen molar-refractivity contribution in [3.8, 4) is 0 Å². The lowest BCUT2D eigenvalue weighted by Crippen LogP contribution is -2.37. The molecule has 3 N–H and O–H groups in total. The summed E-state index contributed by atoms with van der Waals surface area (Å²) in [7, 11) is 0. The van der Waals surface area contributed by atoms with Crippen molar-refractivity contribution in [2.75, 3.05) is 68.4 Å². The number of benzene rings is 1. The van der Waals surface area contributed by atoms with Crippen molar-refractivity contribution in [3.05, 3.63) is 42.2 Å². The Labute approximate surface area is 179 Å². The van der Waals surface area contributed by atoms with E-state index in [1.165, 1.54) is 18.4 Å². The number of nitrogen functional groups attached to an aromatic ring is 1. The Balaban J connectivity index is 1.25. The van der Waals surface area contributed by atoms with E-state index in [-0.39, 0.29) is 0 Å². The molecular formula is C23H34N6O. The van der Waals surface area contributed by atoms with Crippen molar-refractivity contribution in [3.63, 3.8) is 0 Å². The van der Waals surface area contributed by atoms with E-state index < -0.39 is 0 Å². The van der Waals surface area contributed by atoms with Crippen LogP contribution in [0.15, 0.2) is 36.7 Å². The van der Waals surface area contributed by atoms with Crippen LogP contribution in [0.4, 0.5) is 17.3 Å². The molecule has 162 valence electrons. The van der Waals surface area contributed by atoms with E-state index in [0.29, 0.717) is 5.69 Å². The van der Waals surface area contributed by atoms with Crippen molar-refractivity contribution in [2.45, 2.75) is 25.7 Å². The highest BCUT2D eigenvalue weighted by molar-refractivity contribution is 5.74. The van der Waals surface area contributed by atoms with E-state index in [9.17, 15) is 0 Å². The van der Waals surface area contributed by atoms with Gasteiger partial charge in [-0.25, -0.2) is 9.97 Å². The number of morpholine rings is 1. The number of nitrogens with zero attached hydrogens (tertiary/aromatic N) is 4. The number of hydrogen-bond acceptors (Lipinski definition) is 7. The Bertz CT molecular complexity index is 773. The third kappa shape index (κ3) is 5.61. The number of rotatable bonds is 8. The predicted octanol–water partition coefficient (Wildman–Crippen LogP) is 2.65. The SMILES string of the molecule is Nc1c(NCCCN2CCOCC2)ncnc1N1CCC(Cc2ccccc2)CC1. The predicted molar refractivity (Wildman–Crippen MR) is 122 cm³/mol. The summed E-state index contributed by atoms with van der Waals surface area (Å²) < 4.78 is 5.40. The lowest BCUT2D eigenvalue weighted by Gasteiger charge is -2.33. The molecule has 0 unspecified atom stereocenters. The Morgan fingerprint density at radius 1 is 1.03 bits per heavy atom. The highest BCUT2D eigenvalue weighted by Crippen LogP contribution is 2.30. The fourth-order valence-electron chi connectivity index (χ4n) is 4.41. The van der Waals surface area contributed by atoms with Crippen molar-refractivity contribution in [1.29, 1.82) is 0 Å². The van der Waals surface area contributed by atoms with E-state index in [1.54, 1.807) is 6.33 Å². The molecule has 2 aliphatic heterocycles. The number of hydrogen-bond donors (Lipinski definition) is 2. The number of ether oxygens (including phenoxy) is 1. The van der Waals surface area contributed by atoms with Gasteiger partial charge >= 0.3 is 0 Å². The zero-order chi connectivity index (χ0) is 20.6. The molecular weight excluding hydrogens is 376 g/mol.